The van der Waals surface area contributed by atoms with Crippen LogP contribution in [0.25, 0.3) is 0 Å². The van der Waals surface area contributed by atoms with Gasteiger partial charge in [0.1, 0.15) is 0 Å². The van der Waals surface area contributed by atoms with Crippen molar-refractivity contribution < 1.29 is 19.8 Å². The van der Waals surface area contributed by atoms with Crippen LogP contribution in [0.4, 0.5) is 5.69 Å². The molecule has 0 saturated carbocycles. The number of rotatable bonds is 2. The Bertz CT molecular complexity index is 378. The third-order valence-electron chi connectivity index (χ3n) is 1.54. The third-order valence-corrected chi connectivity index (χ3v) is 1.54. The minimum absolute atomic E-state index is 0.0487. The molecule has 1 rings (SSSR count). The lowest BCUT2D eigenvalue weighted by molar-refractivity contribution is 0.0652. The number of nitrogens with two attached hydrogens (primary N) is 3. The molecule has 0 aliphatic carbocycles. The first kappa shape index (κ1) is 12.9. The second-order valence-electron chi connectivity index (χ2n) is 2.38. The number of aromatic carboxylic acids is 2. The van der Waals surface area contributed by atoms with Crippen LogP contribution in [-0.2, 0) is 0 Å². The van der Waals surface area contributed by atoms with E-state index < -0.39 is 11.9 Å². The van der Waals surface area contributed by atoms with Gasteiger partial charge in [-0.3, -0.25) is 11.7 Å². The molecule has 0 amide bonds. The molecule has 0 fully saturated rings. The maximum Gasteiger partial charge on any atom is 0.338 e. The Morgan fingerprint density at radius 2 is 1.60 bits per heavy atom. The van der Waals surface area contributed by atoms with Crippen molar-refractivity contribution in [1.29, 1.82) is 0 Å². The Balaban J connectivity index is 0.000000921. The highest BCUT2D eigenvalue weighted by Gasteiger charge is 2.17. The van der Waals surface area contributed by atoms with E-state index >= 15 is 0 Å². The van der Waals surface area contributed by atoms with E-state index in [-0.39, 0.29) is 16.8 Å². The van der Waals surface area contributed by atoms with Gasteiger partial charge in [-0.05, 0) is 12.1 Å². The van der Waals surface area contributed by atoms with Crippen molar-refractivity contribution in [2.75, 3.05) is 5.73 Å². The zero-order chi connectivity index (χ0) is 12.0. The summed E-state index contributed by atoms with van der Waals surface area (Å²) in [6.07, 6.45) is 0. The molecular formula is C8H11N3O4. The maximum absolute atomic E-state index is 10.6. The molecule has 0 spiro atoms. The van der Waals surface area contributed by atoms with E-state index in [1.54, 1.807) is 0 Å². The molecule has 0 heterocycles. The van der Waals surface area contributed by atoms with Gasteiger partial charge < -0.3 is 15.9 Å². The summed E-state index contributed by atoms with van der Waals surface area (Å²) < 4.78 is 0. The predicted octanol–water partition coefficient (Wildman–Crippen LogP) is -0.516. The van der Waals surface area contributed by atoms with Crippen molar-refractivity contribution in [2.24, 2.45) is 11.7 Å². The van der Waals surface area contributed by atoms with Crippen LogP contribution in [0.5, 0.6) is 0 Å². The van der Waals surface area contributed by atoms with Gasteiger partial charge in [-0.25, -0.2) is 9.59 Å². The Labute approximate surface area is 85.1 Å². The van der Waals surface area contributed by atoms with Gasteiger partial charge in [0.05, 0.1) is 11.1 Å². The Kier molecular flexibility index (Phi) is 4.79. The van der Waals surface area contributed by atoms with E-state index in [1.165, 1.54) is 18.2 Å². The lowest BCUT2D eigenvalue weighted by atomic mass is 10.1. The number of nitrogen functional groups attached to an aromatic ring is 1. The van der Waals surface area contributed by atoms with Crippen molar-refractivity contribution in [2.45, 2.75) is 0 Å². The number of carbonyl (C=O) groups is 2. The molecule has 0 aromatic heterocycles. The van der Waals surface area contributed by atoms with Crippen LogP contribution in [0.1, 0.15) is 20.7 Å². The van der Waals surface area contributed by atoms with Crippen LogP contribution in [-0.4, -0.2) is 22.2 Å². The fourth-order valence-electron chi connectivity index (χ4n) is 0.987. The van der Waals surface area contributed by atoms with Gasteiger partial charge >= 0.3 is 11.9 Å². The van der Waals surface area contributed by atoms with E-state index in [0.717, 1.165) is 0 Å². The minimum Gasteiger partial charge on any atom is -0.478 e. The topological polar surface area (TPSA) is 153 Å². The molecule has 0 bridgehead atoms. The zero-order valence-electron chi connectivity index (χ0n) is 7.68. The highest BCUT2D eigenvalue weighted by molar-refractivity contribution is 6.05. The molecule has 0 radical (unpaired) electrons. The van der Waals surface area contributed by atoms with Crippen molar-refractivity contribution in [3.63, 3.8) is 0 Å². The molecule has 0 aliphatic rings. The second kappa shape index (κ2) is 5.58. The summed E-state index contributed by atoms with van der Waals surface area (Å²) >= 11 is 0. The van der Waals surface area contributed by atoms with Gasteiger partial charge in [-0.2, -0.15) is 0 Å². The molecule has 1 aromatic carbocycles. The Hall–Kier alpha value is -2.12. The van der Waals surface area contributed by atoms with Crippen LogP contribution < -0.4 is 17.4 Å². The summed E-state index contributed by atoms with van der Waals surface area (Å²) in [7, 11) is 0. The summed E-state index contributed by atoms with van der Waals surface area (Å²) in [5.74, 6) is 5.36. The number of hydrogen-bond donors (Lipinski definition) is 5. The normalized spacial score (nSPS) is 8.67. The van der Waals surface area contributed by atoms with Crippen LogP contribution >= 0.6 is 0 Å². The molecule has 0 atom stereocenters. The van der Waals surface area contributed by atoms with Crippen LogP contribution in [0.3, 0.4) is 0 Å². The molecule has 8 N–H and O–H groups in total. The van der Waals surface area contributed by atoms with Crippen LogP contribution in [0, 0.1) is 0 Å². The molecule has 82 valence electrons. The van der Waals surface area contributed by atoms with Crippen LogP contribution in [0.2, 0.25) is 0 Å². The van der Waals surface area contributed by atoms with Crippen molar-refractivity contribution in [3.05, 3.63) is 29.3 Å². The van der Waals surface area contributed by atoms with Gasteiger partial charge in [-0.1, -0.05) is 6.07 Å². The summed E-state index contributed by atoms with van der Waals surface area (Å²) in [4.78, 5) is 21.2. The van der Waals surface area contributed by atoms with Crippen molar-refractivity contribution in [3.8, 4) is 0 Å². The lowest BCUT2D eigenvalue weighted by Gasteiger charge is -2.03. The van der Waals surface area contributed by atoms with Gasteiger partial charge in [0.2, 0.25) is 0 Å². The standard InChI is InChI=1S/C8H7NO4.H4N2/c9-5-3-1-2-4(7(10)11)6(5)8(12)13;1-2/h1-3H,9H2,(H,10,11)(H,12,13);1-2H2. The predicted molar refractivity (Wildman–Crippen MR) is 53.1 cm³/mol. The fourth-order valence-corrected chi connectivity index (χ4v) is 0.987. The summed E-state index contributed by atoms with van der Waals surface area (Å²) in [5.41, 5.74) is 4.60. The maximum atomic E-state index is 10.6. The van der Waals surface area contributed by atoms with E-state index in [4.69, 9.17) is 15.9 Å². The number of hydrazine groups is 1. The first-order valence-electron chi connectivity index (χ1n) is 3.72. The number of hydrogen-bond acceptors (Lipinski definition) is 5. The smallest absolute Gasteiger partial charge is 0.338 e. The van der Waals surface area contributed by atoms with Gasteiger partial charge in [0, 0.05) is 5.69 Å². The molecular weight excluding hydrogens is 202 g/mol. The molecule has 7 heteroatoms. The Morgan fingerprint density at radius 1 is 1.07 bits per heavy atom. The summed E-state index contributed by atoms with van der Waals surface area (Å²) in [6.45, 7) is 0. The van der Waals surface area contributed by atoms with Gasteiger partial charge in [0.25, 0.3) is 0 Å². The van der Waals surface area contributed by atoms with Gasteiger partial charge in [-0.15, -0.1) is 0 Å². The zero-order valence-corrected chi connectivity index (χ0v) is 7.68. The van der Waals surface area contributed by atoms with E-state index in [1.807, 2.05) is 0 Å². The summed E-state index contributed by atoms with van der Waals surface area (Å²) in [5, 5.41) is 17.3. The quantitative estimate of drug-likeness (QED) is 0.252. The molecule has 0 aliphatic heterocycles. The van der Waals surface area contributed by atoms with E-state index in [0.29, 0.717) is 0 Å². The van der Waals surface area contributed by atoms with Crippen molar-refractivity contribution >= 4 is 17.6 Å². The fraction of sp³-hybridized carbons (Fsp3) is 0. The van der Waals surface area contributed by atoms with Crippen molar-refractivity contribution in [1.82, 2.24) is 0 Å². The Morgan fingerprint density at radius 3 is 1.93 bits per heavy atom. The first-order valence-corrected chi connectivity index (χ1v) is 3.72. The average molecular weight is 213 g/mol. The third kappa shape index (κ3) is 2.93. The number of carboxylic acids is 2. The highest BCUT2D eigenvalue weighted by Crippen LogP contribution is 2.16. The first-order chi connectivity index (χ1) is 7.04. The molecule has 0 unspecified atom stereocenters. The SMILES string of the molecule is NN.Nc1cccc(C(=O)O)c1C(=O)O. The number of anilines is 1. The minimum atomic E-state index is -1.34. The van der Waals surface area contributed by atoms with E-state index in [9.17, 15) is 9.59 Å². The molecule has 0 saturated heterocycles. The van der Waals surface area contributed by atoms with Crippen LogP contribution in [0.15, 0.2) is 18.2 Å². The van der Waals surface area contributed by atoms with Gasteiger partial charge in [0.15, 0.2) is 0 Å². The largest absolute Gasteiger partial charge is 0.478 e. The number of benzene rings is 1. The molecule has 1 aromatic rings. The lowest BCUT2D eigenvalue weighted by Crippen LogP contribution is -2.10. The molecule has 15 heavy (non-hydrogen) atoms. The molecule has 7 nitrogen and oxygen atoms in total. The van der Waals surface area contributed by atoms with E-state index in [2.05, 4.69) is 11.7 Å². The number of carboxylic acid groups (broad SMARTS) is 2. The second-order valence-corrected chi connectivity index (χ2v) is 2.38. The highest BCUT2D eigenvalue weighted by atomic mass is 16.4. The monoisotopic (exact) mass is 213 g/mol. The summed E-state index contributed by atoms with van der Waals surface area (Å²) in [6, 6.07) is 3.93. The average Bonchev–Trinajstić information content (AvgIpc) is 2.19.